The molecule has 1 fully saturated rings. The van der Waals surface area contributed by atoms with E-state index in [2.05, 4.69) is 10.00 Å². The minimum Gasteiger partial charge on any atom is -0.382 e. The Labute approximate surface area is 118 Å². The van der Waals surface area contributed by atoms with E-state index in [0.717, 1.165) is 25.0 Å². The van der Waals surface area contributed by atoms with Crippen LogP contribution in [0.4, 0.5) is 5.82 Å². The average Bonchev–Trinajstić information content (AvgIpc) is 2.50. The zero-order chi connectivity index (χ0) is 13.9. The molecule has 0 saturated carbocycles. The molecule has 0 amide bonds. The number of nitrogens with two attached hydrogens (primary N) is 1. The number of piperidine rings is 1. The van der Waals surface area contributed by atoms with E-state index in [4.69, 9.17) is 5.73 Å². The molecule has 0 atom stereocenters. The van der Waals surface area contributed by atoms with Crippen LogP contribution in [0.1, 0.15) is 19.3 Å². The molecule has 20 heavy (non-hydrogen) atoms. The maximum atomic E-state index is 12.4. The Morgan fingerprint density at radius 2 is 1.75 bits per heavy atom. The van der Waals surface area contributed by atoms with E-state index >= 15 is 0 Å². The Morgan fingerprint density at radius 1 is 1.05 bits per heavy atom. The predicted octanol–water partition coefficient (Wildman–Crippen LogP) is 1.46. The van der Waals surface area contributed by atoms with Crippen LogP contribution in [0.5, 0.6) is 0 Å². The van der Waals surface area contributed by atoms with Gasteiger partial charge in [0.25, 0.3) is 5.56 Å². The van der Waals surface area contributed by atoms with Gasteiger partial charge < -0.3 is 10.6 Å². The van der Waals surface area contributed by atoms with Crippen molar-refractivity contribution in [2.75, 3.05) is 25.4 Å². The fourth-order valence-corrected chi connectivity index (χ4v) is 2.83. The maximum Gasteiger partial charge on any atom is 0.274 e. The van der Waals surface area contributed by atoms with Crippen molar-refractivity contribution in [1.29, 1.82) is 0 Å². The van der Waals surface area contributed by atoms with Crippen LogP contribution in [0.3, 0.4) is 0 Å². The number of anilines is 1. The van der Waals surface area contributed by atoms with Gasteiger partial charge in [0.15, 0.2) is 5.82 Å². The molecule has 1 saturated heterocycles. The first-order chi connectivity index (χ1) is 9.75. The molecule has 1 aliphatic rings. The van der Waals surface area contributed by atoms with Gasteiger partial charge in [0, 0.05) is 11.9 Å². The van der Waals surface area contributed by atoms with Gasteiger partial charge in [-0.15, -0.1) is 0 Å². The summed E-state index contributed by atoms with van der Waals surface area (Å²) in [4.78, 5) is 14.8. The van der Waals surface area contributed by atoms with Crippen LogP contribution in [0.25, 0.3) is 10.8 Å². The van der Waals surface area contributed by atoms with Crippen LogP contribution in [-0.4, -0.2) is 34.3 Å². The van der Waals surface area contributed by atoms with Gasteiger partial charge in [0.05, 0.1) is 11.9 Å². The Bertz CT molecular complexity index is 658. The number of fused-ring (bicyclic) bond motifs is 1. The number of nitrogens with zero attached hydrogens (tertiary/aromatic N) is 3. The van der Waals surface area contributed by atoms with Gasteiger partial charge in [-0.1, -0.05) is 24.6 Å². The van der Waals surface area contributed by atoms with Crippen LogP contribution in [-0.2, 0) is 6.54 Å². The maximum absolute atomic E-state index is 12.4. The zero-order valence-electron chi connectivity index (χ0n) is 11.6. The monoisotopic (exact) mass is 272 g/mol. The summed E-state index contributed by atoms with van der Waals surface area (Å²) in [6, 6.07) is 7.39. The lowest BCUT2D eigenvalue weighted by Crippen LogP contribution is -2.35. The molecule has 0 radical (unpaired) electrons. The number of aromatic nitrogens is 2. The van der Waals surface area contributed by atoms with Crippen molar-refractivity contribution >= 4 is 16.6 Å². The lowest BCUT2D eigenvalue weighted by molar-refractivity contribution is 0.217. The second-order valence-electron chi connectivity index (χ2n) is 5.36. The minimum atomic E-state index is -0.0493. The highest BCUT2D eigenvalue weighted by Gasteiger charge is 2.12. The second-order valence-corrected chi connectivity index (χ2v) is 5.36. The SMILES string of the molecule is Nc1nn(CCN2CCCCC2)c(=O)c2ccccc12. The van der Waals surface area contributed by atoms with Gasteiger partial charge in [-0.3, -0.25) is 4.79 Å². The molecule has 1 aromatic heterocycles. The Kier molecular flexibility index (Phi) is 3.69. The molecule has 5 heteroatoms. The number of hydrogen-bond acceptors (Lipinski definition) is 4. The fraction of sp³-hybridized carbons (Fsp3) is 0.467. The lowest BCUT2D eigenvalue weighted by Gasteiger charge is -2.26. The molecule has 0 bridgehead atoms. The molecule has 0 aliphatic carbocycles. The molecule has 1 aromatic carbocycles. The molecular formula is C15H20N4O. The summed E-state index contributed by atoms with van der Waals surface area (Å²) in [5.41, 5.74) is 5.90. The molecule has 0 unspecified atom stereocenters. The molecular weight excluding hydrogens is 252 g/mol. The number of rotatable bonds is 3. The second kappa shape index (κ2) is 5.63. The molecule has 2 N–H and O–H groups in total. The lowest BCUT2D eigenvalue weighted by atomic mass is 10.1. The van der Waals surface area contributed by atoms with E-state index in [0.29, 0.717) is 17.7 Å². The Morgan fingerprint density at radius 3 is 2.50 bits per heavy atom. The van der Waals surface area contributed by atoms with Crippen molar-refractivity contribution < 1.29 is 0 Å². The Balaban J connectivity index is 1.84. The summed E-state index contributed by atoms with van der Waals surface area (Å²) in [7, 11) is 0. The first-order valence-corrected chi connectivity index (χ1v) is 7.23. The van der Waals surface area contributed by atoms with E-state index < -0.39 is 0 Å². The first kappa shape index (κ1) is 13.1. The van der Waals surface area contributed by atoms with E-state index in [-0.39, 0.29) is 5.56 Å². The number of likely N-dealkylation sites (tertiary alicyclic amines) is 1. The van der Waals surface area contributed by atoms with Gasteiger partial charge in [0.1, 0.15) is 0 Å². The highest BCUT2D eigenvalue weighted by Crippen LogP contribution is 2.14. The van der Waals surface area contributed by atoms with Crippen LogP contribution in [0, 0.1) is 0 Å². The number of benzene rings is 1. The summed E-state index contributed by atoms with van der Waals surface area (Å²) in [6.07, 6.45) is 3.82. The van der Waals surface area contributed by atoms with Crippen molar-refractivity contribution in [2.45, 2.75) is 25.8 Å². The van der Waals surface area contributed by atoms with Gasteiger partial charge in [0.2, 0.25) is 0 Å². The van der Waals surface area contributed by atoms with Crippen molar-refractivity contribution in [3.05, 3.63) is 34.6 Å². The van der Waals surface area contributed by atoms with Crippen molar-refractivity contribution in [3.8, 4) is 0 Å². The number of hydrogen-bond donors (Lipinski definition) is 1. The molecule has 2 heterocycles. The van der Waals surface area contributed by atoms with E-state index in [1.807, 2.05) is 24.3 Å². The largest absolute Gasteiger partial charge is 0.382 e. The molecule has 5 nitrogen and oxygen atoms in total. The summed E-state index contributed by atoms with van der Waals surface area (Å²) in [5, 5.41) is 5.63. The highest BCUT2D eigenvalue weighted by molar-refractivity contribution is 5.89. The Hall–Kier alpha value is -1.88. The van der Waals surface area contributed by atoms with Gasteiger partial charge in [-0.05, 0) is 32.0 Å². The topological polar surface area (TPSA) is 64.2 Å². The van der Waals surface area contributed by atoms with Crippen molar-refractivity contribution in [2.24, 2.45) is 0 Å². The smallest absolute Gasteiger partial charge is 0.274 e. The summed E-state index contributed by atoms with van der Waals surface area (Å²) in [5.74, 6) is 0.429. The summed E-state index contributed by atoms with van der Waals surface area (Å²) >= 11 is 0. The summed E-state index contributed by atoms with van der Waals surface area (Å²) in [6.45, 7) is 3.72. The van der Waals surface area contributed by atoms with E-state index in [9.17, 15) is 4.79 Å². The van der Waals surface area contributed by atoms with Crippen LogP contribution in [0.15, 0.2) is 29.1 Å². The van der Waals surface area contributed by atoms with E-state index in [1.54, 1.807) is 0 Å². The molecule has 106 valence electrons. The normalized spacial score (nSPS) is 16.6. The fourth-order valence-electron chi connectivity index (χ4n) is 2.83. The standard InChI is InChI=1S/C15H20N4O/c16-14-12-6-2-3-7-13(12)15(20)19(17-14)11-10-18-8-4-1-5-9-18/h2-3,6-7H,1,4-5,8-11H2,(H2,16,17). The molecule has 3 rings (SSSR count). The van der Waals surface area contributed by atoms with Crippen LogP contribution in [0.2, 0.25) is 0 Å². The zero-order valence-corrected chi connectivity index (χ0v) is 11.6. The van der Waals surface area contributed by atoms with Crippen molar-refractivity contribution in [3.63, 3.8) is 0 Å². The third kappa shape index (κ3) is 2.54. The third-order valence-corrected chi connectivity index (χ3v) is 3.97. The first-order valence-electron chi connectivity index (χ1n) is 7.23. The van der Waals surface area contributed by atoms with Gasteiger partial charge in [-0.25, -0.2) is 4.68 Å². The number of nitrogen functional groups attached to an aromatic ring is 1. The molecule has 2 aromatic rings. The minimum absolute atomic E-state index is 0.0493. The summed E-state index contributed by atoms with van der Waals surface area (Å²) < 4.78 is 1.51. The van der Waals surface area contributed by atoms with Crippen LogP contribution < -0.4 is 11.3 Å². The predicted molar refractivity (Wildman–Crippen MR) is 80.7 cm³/mol. The molecule has 0 spiro atoms. The van der Waals surface area contributed by atoms with Crippen LogP contribution >= 0.6 is 0 Å². The highest BCUT2D eigenvalue weighted by atomic mass is 16.1. The third-order valence-electron chi connectivity index (χ3n) is 3.97. The van der Waals surface area contributed by atoms with Gasteiger partial charge >= 0.3 is 0 Å². The van der Waals surface area contributed by atoms with Crippen molar-refractivity contribution in [1.82, 2.24) is 14.7 Å². The van der Waals surface area contributed by atoms with Gasteiger partial charge in [-0.2, -0.15) is 5.10 Å². The van der Waals surface area contributed by atoms with E-state index in [1.165, 1.54) is 23.9 Å². The quantitative estimate of drug-likeness (QED) is 0.919. The average molecular weight is 272 g/mol. The molecule has 1 aliphatic heterocycles.